The number of benzene rings is 2. The van der Waals surface area contributed by atoms with Crippen LogP contribution in [0.1, 0.15) is 30.5 Å². The van der Waals surface area contributed by atoms with E-state index in [0.29, 0.717) is 10.9 Å². The van der Waals surface area contributed by atoms with Crippen LogP contribution in [0.2, 0.25) is 0 Å². The van der Waals surface area contributed by atoms with Crippen LogP contribution >= 0.6 is 0 Å². The zero-order chi connectivity index (χ0) is 18.7. The molecule has 3 aromatic rings. The lowest BCUT2D eigenvalue weighted by Gasteiger charge is -2.25. The molecule has 0 N–H and O–H groups in total. The van der Waals surface area contributed by atoms with Crippen LogP contribution < -0.4 is 5.56 Å². The van der Waals surface area contributed by atoms with Crippen molar-refractivity contribution in [1.82, 2.24) is 19.9 Å². The van der Waals surface area contributed by atoms with Crippen molar-refractivity contribution < 1.29 is 4.79 Å². The number of hydrogen-bond acceptors (Lipinski definition) is 4. The van der Waals surface area contributed by atoms with Gasteiger partial charge < -0.3 is 4.90 Å². The Kier molecular flexibility index (Phi) is 5.11. The molecule has 6 heteroatoms. The molecule has 1 amide bonds. The van der Waals surface area contributed by atoms with Crippen molar-refractivity contribution in [3.05, 3.63) is 70.0 Å². The summed E-state index contributed by atoms with van der Waals surface area (Å²) in [5.74, 6) is -0.0417. The summed E-state index contributed by atoms with van der Waals surface area (Å²) in [7, 11) is 1.78. The van der Waals surface area contributed by atoms with Gasteiger partial charge in [-0.25, -0.2) is 4.68 Å². The van der Waals surface area contributed by atoms with Gasteiger partial charge in [-0.2, -0.15) is 0 Å². The quantitative estimate of drug-likeness (QED) is 0.709. The van der Waals surface area contributed by atoms with Crippen LogP contribution in [0.15, 0.2) is 53.3 Å². The first-order chi connectivity index (χ1) is 12.5. The molecule has 1 atom stereocenters. The van der Waals surface area contributed by atoms with Crippen LogP contribution in [0.5, 0.6) is 0 Å². The number of fused-ring (bicyclic) bond motifs is 1. The van der Waals surface area contributed by atoms with E-state index in [-0.39, 0.29) is 30.5 Å². The molecule has 2 aromatic carbocycles. The summed E-state index contributed by atoms with van der Waals surface area (Å²) in [6.45, 7) is 4.23. The van der Waals surface area contributed by atoms with E-state index in [9.17, 15) is 9.59 Å². The predicted octanol–water partition coefficient (Wildman–Crippen LogP) is 2.71. The standard InChI is InChI=1S/C20H22N4O2/c1-14-8-10-16(11-9-14)15(2)23(3)19(25)12-13-24-20(26)17-6-4-5-7-18(17)21-22-24/h4-11,15H,12-13H2,1-3H3. The lowest BCUT2D eigenvalue weighted by molar-refractivity contribution is -0.132. The maximum Gasteiger partial charge on any atom is 0.277 e. The minimum atomic E-state index is -0.224. The first-order valence-corrected chi connectivity index (χ1v) is 8.62. The molecule has 0 fully saturated rings. The van der Waals surface area contributed by atoms with Gasteiger partial charge in [-0.3, -0.25) is 9.59 Å². The molecule has 0 saturated heterocycles. The van der Waals surface area contributed by atoms with Crippen molar-refractivity contribution >= 4 is 16.8 Å². The Morgan fingerprint density at radius 1 is 1.15 bits per heavy atom. The second kappa shape index (κ2) is 7.47. The topological polar surface area (TPSA) is 68.1 Å². The zero-order valence-electron chi connectivity index (χ0n) is 15.2. The van der Waals surface area contributed by atoms with E-state index >= 15 is 0 Å². The van der Waals surface area contributed by atoms with Crippen LogP contribution in [0.25, 0.3) is 10.9 Å². The number of nitrogens with zero attached hydrogens (tertiary/aromatic N) is 4. The molecule has 0 bridgehead atoms. The Morgan fingerprint density at radius 2 is 1.85 bits per heavy atom. The number of aryl methyl sites for hydroxylation is 2. The average Bonchev–Trinajstić information content (AvgIpc) is 2.67. The van der Waals surface area contributed by atoms with Gasteiger partial charge in [-0.05, 0) is 31.5 Å². The van der Waals surface area contributed by atoms with Gasteiger partial charge in [-0.15, -0.1) is 5.10 Å². The number of carbonyl (C=O) groups is 1. The summed E-state index contributed by atoms with van der Waals surface area (Å²) in [6.07, 6.45) is 0.194. The first-order valence-electron chi connectivity index (χ1n) is 8.62. The van der Waals surface area contributed by atoms with Crippen LogP contribution in [-0.4, -0.2) is 32.8 Å². The number of amides is 1. The van der Waals surface area contributed by atoms with Gasteiger partial charge in [0, 0.05) is 13.5 Å². The Bertz CT molecular complexity index is 979. The molecular formula is C20H22N4O2. The fraction of sp³-hybridized carbons (Fsp3) is 0.300. The molecule has 6 nitrogen and oxygen atoms in total. The molecule has 0 aliphatic heterocycles. The van der Waals surface area contributed by atoms with E-state index < -0.39 is 0 Å². The summed E-state index contributed by atoms with van der Waals surface area (Å²) in [5, 5.41) is 8.49. The number of rotatable bonds is 5. The van der Waals surface area contributed by atoms with Gasteiger partial charge >= 0.3 is 0 Å². The fourth-order valence-electron chi connectivity index (χ4n) is 2.83. The summed E-state index contributed by atoms with van der Waals surface area (Å²) < 4.78 is 1.25. The molecule has 3 rings (SSSR count). The van der Waals surface area contributed by atoms with Gasteiger partial charge in [0.1, 0.15) is 5.52 Å². The molecule has 0 aliphatic carbocycles. The van der Waals surface area contributed by atoms with Gasteiger partial charge in [0.15, 0.2) is 0 Å². The molecule has 134 valence electrons. The normalized spacial score (nSPS) is 12.1. The molecule has 1 heterocycles. The smallest absolute Gasteiger partial charge is 0.277 e. The van der Waals surface area contributed by atoms with Crippen molar-refractivity contribution in [3.63, 3.8) is 0 Å². The average molecular weight is 350 g/mol. The summed E-state index contributed by atoms with van der Waals surface area (Å²) >= 11 is 0. The van der Waals surface area contributed by atoms with Crippen molar-refractivity contribution in [1.29, 1.82) is 0 Å². The van der Waals surface area contributed by atoms with Gasteiger partial charge in [0.2, 0.25) is 5.91 Å². The fourth-order valence-corrected chi connectivity index (χ4v) is 2.83. The second-order valence-electron chi connectivity index (χ2n) is 6.48. The molecule has 1 unspecified atom stereocenters. The maximum atomic E-state index is 12.5. The van der Waals surface area contributed by atoms with Crippen molar-refractivity contribution in [2.45, 2.75) is 32.9 Å². The predicted molar refractivity (Wildman–Crippen MR) is 101 cm³/mol. The number of hydrogen-bond donors (Lipinski definition) is 0. The third-order valence-electron chi connectivity index (χ3n) is 4.70. The summed E-state index contributed by atoms with van der Waals surface area (Å²) in [6, 6.07) is 15.2. The molecule has 0 spiro atoms. The molecule has 0 saturated carbocycles. The summed E-state index contributed by atoms with van der Waals surface area (Å²) in [4.78, 5) is 26.7. The highest BCUT2D eigenvalue weighted by atomic mass is 16.2. The maximum absolute atomic E-state index is 12.5. The lowest BCUT2D eigenvalue weighted by atomic mass is 10.1. The molecule has 0 radical (unpaired) electrons. The minimum absolute atomic E-state index is 0.0393. The Morgan fingerprint density at radius 3 is 2.58 bits per heavy atom. The van der Waals surface area contributed by atoms with E-state index in [0.717, 1.165) is 5.56 Å². The van der Waals surface area contributed by atoms with Crippen LogP contribution in [-0.2, 0) is 11.3 Å². The second-order valence-corrected chi connectivity index (χ2v) is 6.48. The highest BCUT2D eigenvalue weighted by Gasteiger charge is 2.17. The van der Waals surface area contributed by atoms with E-state index in [1.807, 2.05) is 44.2 Å². The largest absolute Gasteiger partial charge is 0.339 e. The Hall–Kier alpha value is -3.02. The van der Waals surface area contributed by atoms with Crippen molar-refractivity contribution in [2.75, 3.05) is 7.05 Å². The molecule has 26 heavy (non-hydrogen) atoms. The third kappa shape index (κ3) is 3.64. The van der Waals surface area contributed by atoms with Crippen LogP contribution in [0.4, 0.5) is 0 Å². The molecule has 1 aromatic heterocycles. The highest BCUT2D eigenvalue weighted by molar-refractivity contribution is 5.77. The monoisotopic (exact) mass is 350 g/mol. The highest BCUT2D eigenvalue weighted by Crippen LogP contribution is 2.19. The van der Waals surface area contributed by atoms with E-state index in [4.69, 9.17) is 0 Å². The van der Waals surface area contributed by atoms with E-state index in [1.165, 1.54) is 10.2 Å². The van der Waals surface area contributed by atoms with Crippen LogP contribution in [0, 0.1) is 6.92 Å². The number of carbonyl (C=O) groups excluding carboxylic acids is 1. The minimum Gasteiger partial charge on any atom is -0.339 e. The van der Waals surface area contributed by atoms with Crippen molar-refractivity contribution in [3.8, 4) is 0 Å². The molecular weight excluding hydrogens is 328 g/mol. The first kappa shape index (κ1) is 17.8. The summed E-state index contributed by atoms with van der Waals surface area (Å²) in [5.41, 5.74) is 2.60. The van der Waals surface area contributed by atoms with Gasteiger partial charge in [-0.1, -0.05) is 47.2 Å². The van der Waals surface area contributed by atoms with Crippen LogP contribution in [0.3, 0.4) is 0 Å². The number of aromatic nitrogens is 3. The zero-order valence-corrected chi connectivity index (χ0v) is 15.2. The van der Waals surface area contributed by atoms with E-state index in [1.54, 1.807) is 30.1 Å². The van der Waals surface area contributed by atoms with Gasteiger partial charge in [0.25, 0.3) is 5.56 Å². The Balaban J connectivity index is 1.69. The lowest BCUT2D eigenvalue weighted by Crippen LogP contribution is -2.32. The third-order valence-corrected chi connectivity index (χ3v) is 4.70. The van der Waals surface area contributed by atoms with Crippen molar-refractivity contribution in [2.24, 2.45) is 0 Å². The van der Waals surface area contributed by atoms with Gasteiger partial charge in [0.05, 0.1) is 18.0 Å². The SMILES string of the molecule is Cc1ccc(C(C)N(C)C(=O)CCn2nnc3ccccc3c2=O)cc1. The van der Waals surface area contributed by atoms with E-state index in [2.05, 4.69) is 10.3 Å². The Labute approximate surface area is 152 Å². The molecule has 0 aliphatic rings.